The van der Waals surface area contributed by atoms with Crippen molar-refractivity contribution in [3.8, 4) is 10.6 Å². The number of carboxylic acid groups (broad SMARTS) is 1. The van der Waals surface area contributed by atoms with Gasteiger partial charge in [-0.15, -0.1) is 11.3 Å². The lowest BCUT2D eigenvalue weighted by Gasteiger charge is -1.99. The topological polar surface area (TPSA) is 55.1 Å². The zero-order valence-corrected chi connectivity index (χ0v) is 11.4. The van der Waals surface area contributed by atoms with Crippen LogP contribution in [0, 0.1) is 6.92 Å². The fourth-order valence-electron chi connectivity index (χ4n) is 2.21. The van der Waals surface area contributed by atoms with E-state index in [1.807, 2.05) is 18.2 Å². The van der Waals surface area contributed by atoms with Gasteiger partial charge in [0.1, 0.15) is 5.56 Å². The van der Waals surface area contributed by atoms with E-state index >= 15 is 0 Å². The van der Waals surface area contributed by atoms with E-state index in [-0.39, 0.29) is 5.56 Å². The van der Waals surface area contributed by atoms with Crippen LogP contribution in [0.5, 0.6) is 0 Å². The van der Waals surface area contributed by atoms with E-state index < -0.39 is 5.97 Å². The third kappa shape index (κ3) is 1.82. The number of hydrogen-bond donors (Lipinski definition) is 1. The van der Waals surface area contributed by atoms with Crippen LogP contribution in [0.25, 0.3) is 20.7 Å². The number of fused-ring (bicyclic) bond motifs is 1. The van der Waals surface area contributed by atoms with Gasteiger partial charge in [0.25, 0.3) is 0 Å². The quantitative estimate of drug-likeness (QED) is 0.778. The van der Waals surface area contributed by atoms with Crippen molar-refractivity contribution in [3.05, 3.63) is 41.6 Å². The number of carbonyl (C=O) groups is 1. The van der Waals surface area contributed by atoms with Crippen molar-refractivity contribution in [2.75, 3.05) is 0 Å². The molecular formula is C14H12N2O2S. The van der Waals surface area contributed by atoms with Crippen LogP contribution in [0.1, 0.15) is 15.9 Å². The van der Waals surface area contributed by atoms with Crippen molar-refractivity contribution in [3.63, 3.8) is 0 Å². The van der Waals surface area contributed by atoms with Crippen LogP contribution in [0.3, 0.4) is 0 Å². The lowest BCUT2D eigenvalue weighted by atomic mass is 10.1. The van der Waals surface area contributed by atoms with Gasteiger partial charge in [-0.05, 0) is 30.0 Å². The molecule has 0 saturated carbocycles. The molecule has 0 fully saturated rings. The maximum Gasteiger partial charge on any atom is 0.339 e. The second-order valence-electron chi connectivity index (χ2n) is 4.43. The molecule has 3 aromatic rings. The first-order chi connectivity index (χ1) is 9.08. The first-order valence-electron chi connectivity index (χ1n) is 5.83. The third-order valence-electron chi connectivity index (χ3n) is 3.18. The van der Waals surface area contributed by atoms with Crippen molar-refractivity contribution in [2.24, 2.45) is 7.05 Å². The minimum absolute atomic E-state index is 0.242. The van der Waals surface area contributed by atoms with Gasteiger partial charge in [-0.2, -0.15) is 5.10 Å². The van der Waals surface area contributed by atoms with Crippen LogP contribution >= 0.6 is 11.3 Å². The second kappa shape index (κ2) is 4.20. The average molecular weight is 272 g/mol. The molecule has 2 aromatic heterocycles. The van der Waals surface area contributed by atoms with Gasteiger partial charge in [0, 0.05) is 11.7 Å². The zero-order chi connectivity index (χ0) is 13.6. The minimum atomic E-state index is -0.947. The predicted molar refractivity (Wildman–Crippen MR) is 75.7 cm³/mol. The lowest BCUT2D eigenvalue weighted by molar-refractivity contribution is 0.0697. The molecule has 1 N–H and O–H groups in total. The Kier molecular flexibility index (Phi) is 2.64. The molecular weight excluding hydrogens is 260 g/mol. The van der Waals surface area contributed by atoms with Crippen molar-refractivity contribution in [1.29, 1.82) is 0 Å². The standard InChI is InChI=1S/C14H12N2O2S/c1-8-4-3-5-11-9(8)6-12(19-11)13-10(14(17)18)7-15-16(13)2/h3-7H,1-2H3,(H,17,18). The number of nitrogens with zero attached hydrogens (tertiary/aromatic N) is 2. The molecule has 5 heteroatoms. The maximum absolute atomic E-state index is 11.2. The van der Waals surface area contributed by atoms with Gasteiger partial charge in [0.15, 0.2) is 0 Å². The van der Waals surface area contributed by atoms with E-state index in [0.717, 1.165) is 9.58 Å². The summed E-state index contributed by atoms with van der Waals surface area (Å²) in [5.74, 6) is -0.947. The molecule has 2 heterocycles. The minimum Gasteiger partial charge on any atom is -0.478 e. The summed E-state index contributed by atoms with van der Waals surface area (Å²) in [5, 5.41) is 14.4. The Morgan fingerprint density at radius 2 is 2.21 bits per heavy atom. The number of benzene rings is 1. The monoisotopic (exact) mass is 272 g/mol. The predicted octanol–water partition coefficient (Wildman–Crippen LogP) is 3.31. The molecule has 0 atom stereocenters. The summed E-state index contributed by atoms with van der Waals surface area (Å²) in [6.07, 6.45) is 1.40. The number of hydrogen-bond acceptors (Lipinski definition) is 3. The van der Waals surface area contributed by atoms with Gasteiger partial charge >= 0.3 is 5.97 Å². The van der Waals surface area contributed by atoms with Crippen LogP contribution in [-0.2, 0) is 7.05 Å². The van der Waals surface area contributed by atoms with Crippen molar-refractivity contribution in [2.45, 2.75) is 6.92 Å². The number of aromatic nitrogens is 2. The highest BCUT2D eigenvalue weighted by Gasteiger charge is 2.18. The van der Waals surface area contributed by atoms with E-state index in [1.165, 1.54) is 17.1 Å². The average Bonchev–Trinajstić information content (AvgIpc) is 2.92. The van der Waals surface area contributed by atoms with Crippen molar-refractivity contribution >= 4 is 27.4 Å². The van der Waals surface area contributed by atoms with Gasteiger partial charge in [-0.1, -0.05) is 12.1 Å². The molecule has 1 aromatic carbocycles. The summed E-state index contributed by atoms with van der Waals surface area (Å²) in [7, 11) is 1.76. The van der Waals surface area contributed by atoms with Crippen molar-refractivity contribution < 1.29 is 9.90 Å². The zero-order valence-electron chi connectivity index (χ0n) is 10.5. The van der Waals surface area contributed by atoms with Gasteiger partial charge < -0.3 is 5.11 Å². The third-order valence-corrected chi connectivity index (χ3v) is 4.29. The van der Waals surface area contributed by atoms with Gasteiger partial charge in [0.2, 0.25) is 0 Å². The first kappa shape index (κ1) is 11.9. The largest absolute Gasteiger partial charge is 0.478 e. The molecule has 0 aliphatic rings. The number of carboxylic acids is 1. The van der Waals surface area contributed by atoms with Gasteiger partial charge in [0.05, 0.1) is 16.8 Å². The Labute approximate surface area is 113 Å². The molecule has 4 nitrogen and oxygen atoms in total. The number of aromatic carboxylic acids is 1. The summed E-state index contributed by atoms with van der Waals surface area (Å²) in [4.78, 5) is 12.2. The Hall–Kier alpha value is -2.14. The second-order valence-corrected chi connectivity index (χ2v) is 5.52. The van der Waals surface area contributed by atoms with Crippen LogP contribution in [0.15, 0.2) is 30.5 Å². The van der Waals surface area contributed by atoms with E-state index in [2.05, 4.69) is 18.1 Å². The van der Waals surface area contributed by atoms with Gasteiger partial charge in [-0.25, -0.2) is 4.79 Å². The molecule has 96 valence electrons. The fourth-order valence-corrected chi connectivity index (χ4v) is 3.44. The smallest absolute Gasteiger partial charge is 0.339 e. The molecule has 0 unspecified atom stereocenters. The Balaban J connectivity index is 2.28. The molecule has 0 saturated heterocycles. The highest BCUT2D eigenvalue weighted by Crippen LogP contribution is 2.36. The molecule has 0 aliphatic carbocycles. The van der Waals surface area contributed by atoms with E-state index in [0.29, 0.717) is 5.69 Å². The summed E-state index contributed by atoms with van der Waals surface area (Å²) >= 11 is 1.59. The number of thiophene rings is 1. The summed E-state index contributed by atoms with van der Waals surface area (Å²) in [5.41, 5.74) is 2.10. The fraction of sp³-hybridized carbons (Fsp3) is 0.143. The van der Waals surface area contributed by atoms with E-state index in [9.17, 15) is 9.90 Å². The molecule has 0 bridgehead atoms. The summed E-state index contributed by atoms with van der Waals surface area (Å²) in [6.45, 7) is 2.06. The molecule has 19 heavy (non-hydrogen) atoms. The van der Waals surface area contributed by atoms with Gasteiger partial charge in [-0.3, -0.25) is 4.68 Å². The number of rotatable bonds is 2. The van der Waals surface area contributed by atoms with Crippen LogP contribution in [-0.4, -0.2) is 20.9 Å². The molecule has 0 spiro atoms. The van der Waals surface area contributed by atoms with E-state index in [4.69, 9.17) is 0 Å². The SMILES string of the molecule is Cc1cccc2sc(-c3c(C(=O)O)cnn3C)cc12. The molecule has 0 aliphatic heterocycles. The normalized spacial score (nSPS) is 11.1. The Morgan fingerprint density at radius 1 is 1.42 bits per heavy atom. The molecule has 3 rings (SSSR count). The number of aryl methyl sites for hydroxylation is 2. The highest BCUT2D eigenvalue weighted by molar-refractivity contribution is 7.22. The maximum atomic E-state index is 11.2. The molecule has 0 radical (unpaired) electrons. The van der Waals surface area contributed by atoms with Crippen molar-refractivity contribution in [1.82, 2.24) is 9.78 Å². The molecule has 0 amide bonds. The van der Waals surface area contributed by atoms with Crippen LogP contribution in [0.2, 0.25) is 0 Å². The summed E-state index contributed by atoms with van der Waals surface area (Å²) in [6, 6.07) is 8.16. The van der Waals surface area contributed by atoms with Crippen LogP contribution in [0.4, 0.5) is 0 Å². The Bertz CT molecular complexity index is 786. The first-order valence-corrected chi connectivity index (χ1v) is 6.64. The van der Waals surface area contributed by atoms with E-state index in [1.54, 1.807) is 23.1 Å². The lowest BCUT2D eigenvalue weighted by Crippen LogP contribution is -1.99. The highest BCUT2D eigenvalue weighted by atomic mass is 32.1. The Morgan fingerprint density at radius 3 is 2.89 bits per heavy atom. The van der Waals surface area contributed by atoms with Crippen LogP contribution < -0.4 is 0 Å². The summed E-state index contributed by atoms with van der Waals surface area (Å²) < 4.78 is 2.77.